The highest BCUT2D eigenvalue weighted by Gasteiger charge is 2.32. The first-order valence-electron chi connectivity index (χ1n) is 7.39. The van der Waals surface area contributed by atoms with Crippen molar-refractivity contribution in [3.63, 3.8) is 0 Å². The van der Waals surface area contributed by atoms with Crippen LogP contribution in [0.25, 0.3) is 0 Å². The second kappa shape index (κ2) is 6.16. The van der Waals surface area contributed by atoms with Gasteiger partial charge in [-0.25, -0.2) is 0 Å². The smallest absolute Gasteiger partial charge is 0.163 e. The Labute approximate surface area is 110 Å². The van der Waals surface area contributed by atoms with Gasteiger partial charge in [0.15, 0.2) is 5.79 Å². The highest BCUT2D eigenvalue weighted by Crippen LogP contribution is 2.28. The van der Waals surface area contributed by atoms with Gasteiger partial charge in [0.25, 0.3) is 0 Å². The Bertz CT molecular complexity index is 285. The summed E-state index contributed by atoms with van der Waals surface area (Å²) in [6, 6.07) is 0. The predicted molar refractivity (Wildman–Crippen MR) is 70.3 cm³/mol. The van der Waals surface area contributed by atoms with Crippen LogP contribution in [0.2, 0.25) is 0 Å². The molecule has 0 aromatic carbocycles. The zero-order valence-electron chi connectivity index (χ0n) is 11.7. The lowest BCUT2D eigenvalue weighted by Gasteiger charge is -2.21. The molecule has 1 aliphatic carbocycles. The van der Waals surface area contributed by atoms with E-state index in [0.717, 1.165) is 32.3 Å². The van der Waals surface area contributed by atoms with Crippen LogP contribution in [0.5, 0.6) is 0 Å². The van der Waals surface area contributed by atoms with Crippen LogP contribution in [0.3, 0.4) is 0 Å². The number of rotatable bonds is 5. The second-order valence-corrected chi connectivity index (χ2v) is 6.24. The van der Waals surface area contributed by atoms with E-state index in [-0.39, 0.29) is 11.9 Å². The molecule has 1 heterocycles. The zero-order chi connectivity index (χ0) is 13.0. The van der Waals surface area contributed by atoms with Crippen molar-refractivity contribution < 1.29 is 14.3 Å². The molecular weight excluding hydrogens is 228 g/mol. The predicted octanol–water partition coefficient (Wildman–Crippen LogP) is 3.46. The van der Waals surface area contributed by atoms with Crippen LogP contribution in [0.1, 0.15) is 65.2 Å². The van der Waals surface area contributed by atoms with E-state index in [1.165, 1.54) is 25.7 Å². The molecule has 18 heavy (non-hydrogen) atoms. The minimum atomic E-state index is -0.388. The number of ether oxygens (including phenoxy) is 2. The van der Waals surface area contributed by atoms with Crippen LogP contribution in [0.4, 0.5) is 0 Å². The van der Waals surface area contributed by atoms with Crippen LogP contribution in [0.15, 0.2) is 0 Å². The molecule has 0 amide bonds. The number of Topliss-reactive ketones (excluding diaryl/α,β-unsaturated/α-hetero) is 1. The van der Waals surface area contributed by atoms with Crippen molar-refractivity contribution in [2.75, 3.05) is 6.61 Å². The zero-order valence-corrected chi connectivity index (χ0v) is 11.7. The summed E-state index contributed by atoms with van der Waals surface area (Å²) < 4.78 is 11.3. The SMILES string of the molecule is CC1(C)OCC(CCCCC2CCCC(=O)C2)O1. The van der Waals surface area contributed by atoms with Crippen molar-refractivity contribution in [3.8, 4) is 0 Å². The third kappa shape index (κ3) is 4.36. The quantitative estimate of drug-likeness (QED) is 0.705. The standard InChI is InChI=1S/C15H26O3/c1-15(2)17-11-14(18-15)9-4-3-6-12-7-5-8-13(16)10-12/h12,14H,3-11H2,1-2H3. The summed E-state index contributed by atoms with van der Waals surface area (Å²) in [7, 11) is 0. The Kier molecular flexibility index (Phi) is 4.79. The number of hydrogen-bond donors (Lipinski definition) is 0. The van der Waals surface area contributed by atoms with Gasteiger partial charge in [0, 0.05) is 12.8 Å². The Morgan fingerprint density at radius 1 is 1.28 bits per heavy atom. The first-order chi connectivity index (χ1) is 8.55. The lowest BCUT2D eigenvalue weighted by molar-refractivity contribution is -0.139. The van der Waals surface area contributed by atoms with Gasteiger partial charge in [-0.15, -0.1) is 0 Å². The number of ketones is 1. The molecule has 104 valence electrons. The summed E-state index contributed by atoms with van der Waals surface area (Å²) in [6.07, 6.45) is 8.99. The fourth-order valence-corrected chi connectivity index (χ4v) is 3.07. The molecule has 0 bridgehead atoms. The van der Waals surface area contributed by atoms with Crippen molar-refractivity contribution >= 4 is 5.78 Å². The summed E-state index contributed by atoms with van der Waals surface area (Å²) in [4.78, 5) is 11.4. The maximum absolute atomic E-state index is 11.4. The fourth-order valence-electron chi connectivity index (χ4n) is 3.07. The molecule has 2 aliphatic rings. The van der Waals surface area contributed by atoms with Gasteiger partial charge in [-0.05, 0) is 39.0 Å². The van der Waals surface area contributed by atoms with Gasteiger partial charge in [0.05, 0.1) is 12.7 Å². The summed E-state index contributed by atoms with van der Waals surface area (Å²) in [5.41, 5.74) is 0. The Morgan fingerprint density at radius 3 is 2.72 bits per heavy atom. The maximum Gasteiger partial charge on any atom is 0.163 e. The van der Waals surface area contributed by atoms with Crippen molar-refractivity contribution in [2.24, 2.45) is 5.92 Å². The van der Waals surface area contributed by atoms with Gasteiger partial charge in [-0.1, -0.05) is 19.3 Å². The number of unbranched alkanes of at least 4 members (excludes halogenated alkanes) is 1. The Balaban J connectivity index is 1.55. The van der Waals surface area contributed by atoms with E-state index >= 15 is 0 Å². The molecule has 0 aromatic heterocycles. The molecule has 0 N–H and O–H groups in total. The van der Waals surface area contributed by atoms with E-state index in [2.05, 4.69) is 0 Å². The first kappa shape index (κ1) is 14.0. The van der Waals surface area contributed by atoms with Crippen LogP contribution in [0, 0.1) is 5.92 Å². The maximum atomic E-state index is 11.4. The summed E-state index contributed by atoms with van der Waals surface area (Å²) >= 11 is 0. The highest BCUT2D eigenvalue weighted by molar-refractivity contribution is 5.79. The Hall–Kier alpha value is -0.410. The van der Waals surface area contributed by atoms with Crippen molar-refractivity contribution in [1.82, 2.24) is 0 Å². The molecule has 1 saturated carbocycles. The minimum absolute atomic E-state index is 0.271. The molecule has 0 spiro atoms. The minimum Gasteiger partial charge on any atom is -0.348 e. The van der Waals surface area contributed by atoms with Crippen LogP contribution in [-0.2, 0) is 14.3 Å². The summed E-state index contributed by atoms with van der Waals surface area (Å²) in [6.45, 7) is 4.68. The highest BCUT2D eigenvalue weighted by atomic mass is 16.7. The lowest BCUT2D eigenvalue weighted by atomic mass is 9.85. The molecule has 1 saturated heterocycles. The average molecular weight is 254 g/mol. The van der Waals surface area contributed by atoms with Gasteiger partial charge in [-0.2, -0.15) is 0 Å². The number of carbonyl (C=O) groups excluding carboxylic acids is 1. The molecular formula is C15H26O3. The molecule has 2 unspecified atom stereocenters. The van der Waals surface area contributed by atoms with Gasteiger partial charge in [-0.3, -0.25) is 4.79 Å². The van der Waals surface area contributed by atoms with E-state index in [9.17, 15) is 4.79 Å². The van der Waals surface area contributed by atoms with Crippen LogP contribution in [-0.4, -0.2) is 24.3 Å². The Morgan fingerprint density at radius 2 is 2.06 bits per heavy atom. The van der Waals surface area contributed by atoms with E-state index in [0.29, 0.717) is 11.7 Å². The number of carbonyl (C=O) groups is 1. The number of hydrogen-bond acceptors (Lipinski definition) is 3. The third-order valence-corrected chi connectivity index (χ3v) is 4.04. The molecule has 2 fully saturated rings. The largest absolute Gasteiger partial charge is 0.348 e. The van der Waals surface area contributed by atoms with Gasteiger partial charge < -0.3 is 9.47 Å². The van der Waals surface area contributed by atoms with Crippen LogP contribution < -0.4 is 0 Å². The molecule has 3 nitrogen and oxygen atoms in total. The van der Waals surface area contributed by atoms with Gasteiger partial charge >= 0.3 is 0 Å². The molecule has 3 heteroatoms. The first-order valence-corrected chi connectivity index (χ1v) is 7.39. The monoisotopic (exact) mass is 254 g/mol. The molecule has 1 aliphatic heterocycles. The summed E-state index contributed by atoms with van der Waals surface area (Å²) in [5, 5.41) is 0. The van der Waals surface area contributed by atoms with E-state index < -0.39 is 0 Å². The second-order valence-electron chi connectivity index (χ2n) is 6.24. The lowest BCUT2D eigenvalue weighted by Crippen LogP contribution is -2.21. The summed E-state index contributed by atoms with van der Waals surface area (Å²) in [5.74, 6) is 0.740. The van der Waals surface area contributed by atoms with E-state index in [1.807, 2.05) is 13.8 Å². The normalized spacial score (nSPS) is 31.8. The van der Waals surface area contributed by atoms with Crippen molar-refractivity contribution in [1.29, 1.82) is 0 Å². The van der Waals surface area contributed by atoms with Gasteiger partial charge in [0.2, 0.25) is 0 Å². The topological polar surface area (TPSA) is 35.5 Å². The van der Waals surface area contributed by atoms with Crippen molar-refractivity contribution in [3.05, 3.63) is 0 Å². The van der Waals surface area contributed by atoms with E-state index in [4.69, 9.17) is 9.47 Å². The third-order valence-electron chi connectivity index (χ3n) is 4.04. The van der Waals surface area contributed by atoms with E-state index in [1.54, 1.807) is 0 Å². The molecule has 0 radical (unpaired) electrons. The van der Waals surface area contributed by atoms with Crippen LogP contribution >= 0.6 is 0 Å². The average Bonchev–Trinajstić information content (AvgIpc) is 2.65. The van der Waals surface area contributed by atoms with Crippen molar-refractivity contribution in [2.45, 2.75) is 77.1 Å². The fraction of sp³-hybridized carbons (Fsp3) is 0.933. The molecule has 0 aromatic rings. The molecule has 2 rings (SSSR count). The van der Waals surface area contributed by atoms with Gasteiger partial charge in [0.1, 0.15) is 5.78 Å². The molecule has 2 atom stereocenters.